The van der Waals surface area contributed by atoms with Crippen LogP contribution in [0.3, 0.4) is 0 Å². The van der Waals surface area contributed by atoms with E-state index < -0.39 is 17.6 Å². The van der Waals surface area contributed by atoms with Crippen LogP contribution in [0.25, 0.3) is 0 Å². The van der Waals surface area contributed by atoms with Crippen molar-refractivity contribution in [2.24, 2.45) is 0 Å². The molecular weight excluding hydrogens is 391 g/mol. The van der Waals surface area contributed by atoms with Gasteiger partial charge in [-0.05, 0) is 51.1 Å². The van der Waals surface area contributed by atoms with Crippen LogP contribution in [0.15, 0.2) is 36.4 Å². The summed E-state index contributed by atoms with van der Waals surface area (Å²) in [6, 6.07) is 9.86. The number of fused-ring (bicyclic) bond motifs is 1. The van der Waals surface area contributed by atoms with Crippen LogP contribution in [0.2, 0.25) is 10.0 Å². The number of ether oxygens (including phenoxy) is 2. The number of amides is 2. The molecule has 1 unspecified atom stereocenters. The van der Waals surface area contributed by atoms with E-state index in [1.807, 2.05) is 0 Å². The van der Waals surface area contributed by atoms with Crippen molar-refractivity contribution in [1.29, 1.82) is 0 Å². The van der Waals surface area contributed by atoms with Crippen molar-refractivity contribution in [3.8, 4) is 11.5 Å². The molecule has 3 rings (SSSR count). The van der Waals surface area contributed by atoms with E-state index >= 15 is 0 Å². The second kappa shape index (κ2) is 7.29. The first kappa shape index (κ1) is 19.3. The molecule has 0 bridgehead atoms. The van der Waals surface area contributed by atoms with E-state index in [0.29, 0.717) is 32.9 Å². The van der Waals surface area contributed by atoms with E-state index in [4.69, 9.17) is 32.7 Å². The molecule has 1 aliphatic rings. The highest BCUT2D eigenvalue weighted by Gasteiger charge is 2.36. The zero-order chi connectivity index (χ0) is 19.8. The van der Waals surface area contributed by atoms with E-state index in [1.165, 1.54) is 6.07 Å². The van der Waals surface area contributed by atoms with E-state index in [2.05, 4.69) is 10.6 Å². The average molecular weight is 409 g/mol. The molecule has 0 fully saturated rings. The van der Waals surface area contributed by atoms with Gasteiger partial charge in [0, 0.05) is 5.02 Å². The van der Waals surface area contributed by atoms with E-state index in [9.17, 15) is 9.59 Å². The fraction of sp³-hybridized carbons (Fsp3) is 0.263. The summed E-state index contributed by atoms with van der Waals surface area (Å²) in [6.45, 7) is 4.93. The van der Waals surface area contributed by atoms with Gasteiger partial charge in [0.2, 0.25) is 0 Å². The van der Waals surface area contributed by atoms with Crippen molar-refractivity contribution in [1.82, 2.24) is 0 Å². The first-order valence-electron chi connectivity index (χ1n) is 8.23. The zero-order valence-corrected chi connectivity index (χ0v) is 16.4. The van der Waals surface area contributed by atoms with Crippen molar-refractivity contribution in [2.75, 3.05) is 10.6 Å². The van der Waals surface area contributed by atoms with Gasteiger partial charge in [-0.1, -0.05) is 29.3 Å². The number of carbonyl (C=O) groups is 2. The highest BCUT2D eigenvalue weighted by molar-refractivity contribution is 6.35. The Kier molecular flexibility index (Phi) is 5.22. The summed E-state index contributed by atoms with van der Waals surface area (Å²) in [5, 5.41) is 6.29. The van der Waals surface area contributed by atoms with Gasteiger partial charge in [0.1, 0.15) is 17.2 Å². The van der Waals surface area contributed by atoms with Crippen molar-refractivity contribution in [2.45, 2.75) is 32.5 Å². The maximum atomic E-state index is 12.5. The van der Waals surface area contributed by atoms with Crippen LogP contribution in [0.1, 0.15) is 20.8 Å². The summed E-state index contributed by atoms with van der Waals surface area (Å²) >= 11 is 11.9. The molecule has 0 spiro atoms. The smallest absolute Gasteiger partial charge is 0.268 e. The predicted octanol–water partition coefficient (Wildman–Crippen LogP) is 4.51. The molecule has 2 aromatic rings. The molecule has 0 aromatic heterocycles. The fourth-order valence-electron chi connectivity index (χ4n) is 2.48. The number of hydrogen-bond donors (Lipinski definition) is 2. The minimum Gasteiger partial charge on any atom is -0.479 e. The van der Waals surface area contributed by atoms with E-state index in [0.717, 1.165) is 0 Å². The number of carbonyl (C=O) groups excluding carboxylic acids is 2. The molecule has 142 valence electrons. The molecule has 0 saturated heterocycles. The van der Waals surface area contributed by atoms with Gasteiger partial charge in [-0.2, -0.15) is 0 Å². The van der Waals surface area contributed by atoms with Gasteiger partial charge in [-0.15, -0.1) is 0 Å². The van der Waals surface area contributed by atoms with Crippen LogP contribution >= 0.6 is 23.2 Å². The van der Waals surface area contributed by atoms with Crippen molar-refractivity contribution >= 4 is 46.4 Å². The maximum absolute atomic E-state index is 12.5. The number of halogens is 2. The molecule has 1 aliphatic heterocycles. The lowest BCUT2D eigenvalue weighted by Gasteiger charge is -2.32. The Balaban J connectivity index is 1.76. The quantitative estimate of drug-likeness (QED) is 0.779. The van der Waals surface area contributed by atoms with Gasteiger partial charge in [-0.25, -0.2) is 0 Å². The Morgan fingerprint density at radius 1 is 1.26 bits per heavy atom. The lowest BCUT2D eigenvalue weighted by molar-refractivity contribution is -0.129. The van der Waals surface area contributed by atoms with Gasteiger partial charge in [0.05, 0.1) is 10.7 Å². The van der Waals surface area contributed by atoms with Crippen LogP contribution in [0, 0.1) is 0 Å². The van der Waals surface area contributed by atoms with Crippen molar-refractivity contribution < 1.29 is 19.1 Å². The number of benzene rings is 2. The number of rotatable bonds is 4. The third kappa shape index (κ3) is 4.12. The van der Waals surface area contributed by atoms with Crippen molar-refractivity contribution in [3.05, 3.63) is 46.4 Å². The summed E-state index contributed by atoms with van der Waals surface area (Å²) in [6.07, 6.45) is -0.837. The van der Waals surface area contributed by atoms with Crippen LogP contribution in [0.5, 0.6) is 11.5 Å². The number of para-hydroxylation sites is 1. The monoisotopic (exact) mass is 408 g/mol. The Bertz CT molecular complexity index is 915. The van der Waals surface area contributed by atoms with Crippen LogP contribution in [0.4, 0.5) is 11.4 Å². The van der Waals surface area contributed by atoms with Gasteiger partial charge in [0.15, 0.2) is 11.7 Å². The van der Waals surface area contributed by atoms with Crippen LogP contribution < -0.4 is 20.1 Å². The lowest BCUT2D eigenvalue weighted by Crippen LogP contribution is -2.46. The lowest BCUT2D eigenvalue weighted by atomic mass is 10.1. The minimum atomic E-state index is -0.989. The molecule has 0 aliphatic carbocycles. The fourth-order valence-corrected chi connectivity index (χ4v) is 2.94. The SMILES string of the molecule is CC(Oc1ccc(Cl)cc1Cl)C(=O)Nc1cccc2c1NC(=O)C(C)(C)O2. The van der Waals surface area contributed by atoms with Gasteiger partial charge >= 0.3 is 0 Å². The number of anilines is 2. The minimum absolute atomic E-state index is 0.297. The van der Waals surface area contributed by atoms with Crippen LogP contribution in [-0.4, -0.2) is 23.5 Å². The van der Waals surface area contributed by atoms with Gasteiger partial charge in [0.25, 0.3) is 11.8 Å². The molecule has 1 heterocycles. The molecule has 8 heteroatoms. The molecule has 2 aromatic carbocycles. The molecule has 0 saturated carbocycles. The highest BCUT2D eigenvalue weighted by atomic mass is 35.5. The molecule has 6 nitrogen and oxygen atoms in total. The Morgan fingerprint density at radius 2 is 2.00 bits per heavy atom. The van der Waals surface area contributed by atoms with Gasteiger partial charge in [-0.3, -0.25) is 9.59 Å². The summed E-state index contributed by atoms with van der Waals surface area (Å²) in [7, 11) is 0. The predicted molar refractivity (Wildman–Crippen MR) is 105 cm³/mol. The molecule has 0 radical (unpaired) electrons. The number of nitrogens with one attached hydrogen (secondary N) is 2. The summed E-state index contributed by atoms with van der Waals surface area (Å²) in [4.78, 5) is 24.7. The largest absolute Gasteiger partial charge is 0.479 e. The number of hydrogen-bond acceptors (Lipinski definition) is 4. The average Bonchev–Trinajstić information content (AvgIpc) is 2.58. The van der Waals surface area contributed by atoms with Gasteiger partial charge < -0.3 is 20.1 Å². The zero-order valence-electron chi connectivity index (χ0n) is 14.9. The molecule has 27 heavy (non-hydrogen) atoms. The Labute approximate surface area is 166 Å². The first-order chi connectivity index (χ1) is 12.7. The summed E-state index contributed by atoms with van der Waals surface area (Å²) < 4.78 is 11.3. The normalized spacial score (nSPS) is 15.8. The molecule has 2 N–H and O–H groups in total. The summed E-state index contributed by atoms with van der Waals surface area (Å²) in [5.74, 6) is 0.117. The molecule has 2 amide bonds. The second-order valence-corrected chi connectivity index (χ2v) is 7.41. The topological polar surface area (TPSA) is 76.7 Å². The second-order valence-electron chi connectivity index (χ2n) is 6.57. The highest BCUT2D eigenvalue weighted by Crippen LogP contribution is 2.39. The summed E-state index contributed by atoms with van der Waals surface area (Å²) in [5.41, 5.74) is -0.164. The van der Waals surface area contributed by atoms with E-state index in [1.54, 1.807) is 51.1 Å². The Hall–Kier alpha value is -2.44. The van der Waals surface area contributed by atoms with Crippen LogP contribution in [-0.2, 0) is 9.59 Å². The molecule has 1 atom stereocenters. The van der Waals surface area contributed by atoms with E-state index in [-0.39, 0.29) is 5.91 Å². The third-order valence-corrected chi connectivity index (χ3v) is 4.53. The Morgan fingerprint density at radius 3 is 2.70 bits per heavy atom. The maximum Gasteiger partial charge on any atom is 0.268 e. The standard InChI is InChI=1S/C19H18Cl2N2O4/c1-10(26-14-8-7-11(20)9-12(14)21)17(24)22-13-5-4-6-15-16(13)23-18(25)19(2,3)27-15/h4-10H,1-3H3,(H,22,24)(H,23,25). The first-order valence-corrected chi connectivity index (χ1v) is 8.99. The molecular formula is C19H18Cl2N2O4. The van der Waals surface area contributed by atoms with Crippen molar-refractivity contribution in [3.63, 3.8) is 0 Å². The third-order valence-electron chi connectivity index (χ3n) is 4.00.